The smallest absolute Gasteiger partial charge is 0.407 e. The zero-order valence-corrected chi connectivity index (χ0v) is 18.8. The monoisotopic (exact) mass is 464 g/mol. The molecular formula is C26H28N2O6. The standard InChI is InChI=1S/C26H28N2O6/c29-24(30)12-16-6-5-11-28(16)25(31)22-13-33-15-23(22)27-26(32)34-14-21-19-9-3-1-7-17(19)18-8-2-4-10-20(18)21/h1-4,7-10,16,21-23H,5-6,11-15H2,(H,27,32)(H,29,30)/t16-,22?,23?/m0/s1. The minimum absolute atomic E-state index is 0.0446. The molecule has 2 aromatic carbocycles. The van der Waals surface area contributed by atoms with Gasteiger partial charge in [-0.1, -0.05) is 48.5 Å². The quantitative estimate of drug-likeness (QED) is 0.681. The average Bonchev–Trinajstić information content (AvgIpc) is 3.55. The number of likely N-dealkylation sites (tertiary alicyclic amines) is 1. The molecule has 2 N–H and O–H groups in total. The summed E-state index contributed by atoms with van der Waals surface area (Å²) in [7, 11) is 0. The molecule has 3 aliphatic rings. The number of amides is 2. The number of carboxylic acid groups (broad SMARTS) is 1. The highest BCUT2D eigenvalue weighted by molar-refractivity contribution is 5.82. The van der Waals surface area contributed by atoms with Gasteiger partial charge in [0.15, 0.2) is 0 Å². The van der Waals surface area contributed by atoms with Gasteiger partial charge in [-0.25, -0.2) is 4.79 Å². The lowest BCUT2D eigenvalue weighted by atomic mass is 9.98. The summed E-state index contributed by atoms with van der Waals surface area (Å²) >= 11 is 0. The third-order valence-corrected chi connectivity index (χ3v) is 7.12. The van der Waals surface area contributed by atoms with Gasteiger partial charge in [0.1, 0.15) is 6.61 Å². The van der Waals surface area contributed by atoms with Gasteiger partial charge in [-0.05, 0) is 35.1 Å². The van der Waals surface area contributed by atoms with E-state index in [-0.39, 0.29) is 44.1 Å². The van der Waals surface area contributed by atoms with Crippen molar-refractivity contribution in [2.24, 2.45) is 5.92 Å². The van der Waals surface area contributed by atoms with E-state index in [1.165, 1.54) is 0 Å². The number of carbonyl (C=O) groups is 3. The fraction of sp³-hybridized carbons (Fsp3) is 0.423. The second kappa shape index (κ2) is 9.46. The van der Waals surface area contributed by atoms with Gasteiger partial charge in [-0.3, -0.25) is 9.59 Å². The zero-order chi connectivity index (χ0) is 23.7. The highest BCUT2D eigenvalue weighted by atomic mass is 16.5. The van der Waals surface area contributed by atoms with Crippen molar-refractivity contribution < 1.29 is 29.0 Å². The number of alkyl carbamates (subject to hydrolysis) is 1. The molecule has 2 unspecified atom stereocenters. The van der Waals surface area contributed by atoms with E-state index in [2.05, 4.69) is 29.6 Å². The van der Waals surface area contributed by atoms with Crippen LogP contribution >= 0.6 is 0 Å². The third kappa shape index (κ3) is 4.25. The van der Waals surface area contributed by atoms with Gasteiger partial charge in [-0.15, -0.1) is 0 Å². The number of hydrogen-bond donors (Lipinski definition) is 2. The average molecular weight is 465 g/mol. The van der Waals surface area contributed by atoms with E-state index in [0.717, 1.165) is 28.7 Å². The van der Waals surface area contributed by atoms with Crippen molar-refractivity contribution in [3.63, 3.8) is 0 Å². The molecule has 34 heavy (non-hydrogen) atoms. The summed E-state index contributed by atoms with van der Waals surface area (Å²) in [6.45, 7) is 1.14. The van der Waals surface area contributed by atoms with Gasteiger partial charge in [0.05, 0.1) is 31.6 Å². The first-order valence-corrected chi connectivity index (χ1v) is 11.7. The summed E-state index contributed by atoms with van der Waals surface area (Å²) < 4.78 is 11.1. The van der Waals surface area contributed by atoms with Crippen LogP contribution in [-0.2, 0) is 19.1 Å². The lowest BCUT2D eigenvalue weighted by molar-refractivity contribution is -0.141. The number of aliphatic carboxylic acids is 1. The molecule has 2 heterocycles. The predicted octanol–water partition coefficient (Wildman–Crippen LogP) is 3.01. The van der Waals surface area contributed by atoms with Crippen molar-refractivity contribution in [1.29, 1.82) is 0 Å². The lowest BCUT2D eigenvalue weighted by Gasteiger charge is -2.28. The Hall–Kier alpha value is -3.39. The minimum Gasteiger partial charge on any atom is -0.481 e. The fourth-order valence-corrected chi connectivity index (χ4v) is 5.48. The summed E-state index contributed by atoms with van der Waals surface area (Å²) in [4.78, 5) is 38.6. The molecule has 2 aromatic rings. The van der Waals surface area contributed by atoms with E-state index in [0.29, 0.717) is 13.0 Å². The number of carboxylic acids is 1. The molecule has 0 saturated carbocycles. The topological polar surface area (TPSA) is 105 Å². The Labute approximate surface area is 197 Å². The number of hydrogen-bond acceptors (Lipinski definition) is 5. The van der Waals surface area contributed by atoms with Crippen LogP contribution in [0.1, 0.15) is 36.3 Å². The van der Waals surface area contributed by atoms with E-state index < -0.39 is 24.0 Å². The first kappa shape index (κ1) is 22.4. The maximum atomic E-state index is 13.1. The Morgan fingerprint density at radius 1 is 1.03 bits per heavy atom. The summed E-state index contributed by atoms with van der Waals surface area (Å²) in [5, 5.41) is 12.0. The molecule has 2 fully saturated rings. The second-order valence-corrected chi connectivity index (χ2v) is 9.15. The molecule has 2 aliphatic heterocycles. The number of nitrogens with zero attached hydrogens (tertiary/aromatic N) is 1. The van der Waals surface area contributed by atoms with Crippen LogP contribution in [0.25, 0.3) is 11.1 Å². The van der Waals surface area contributed by atoms with Crippen molar-refractivity contribution in [2.75, 3.05) is 26.4 Å². The van der Waals surface area contributed by atoms with Crippen LogP contribution in [0.3, 0.4) is 0 Å². The molecule has 0 spiro atoms. The first-order valence-electron chi connectivity index (χ1n) is 11.7. The molecule has 2 saturated heterocycles. The summed E-state index contributed by atoms with van der Waals surface area (Å²) in [5.41, 5.74) is 4.58. The van der Waals surface area contributed by atoms with Crippen molar-refractivity contribution in [3.05, 3.63) is 59.7 Å². The minimum atomic E-state index is -0.916. The highest BCUT2D eigenvalue weighted by Gasteiger charge is 2.41. The highest BCUT2D eigenvalue weighted by Crippen LogP contribution is 2.44. The van der Waals surface area contributed by atoms with Crippen molar-refractivity contribution in [3.8, 4) is 11.1 Å². The molecule has 1 aliphatic carbocycles. The van der Waals surface area contributed by atoms with Crippen LogP contribution in [0.5, 0.6) is 0 Å². The van der Waals surface area contributed by atoms with Crippen molar-refractivity contribution in [2.45, 2.75) is 37.3 Å². The predicted molar refractivity (Wildman–Crippen MR) is 123 cm³/mol. The SMILES string of the molecule is O=C(O)C[C@@H]1CCCN1C(=O)C1COCC1NC(=O)OCC1c2ccccc2-c2ccccc21. The second-order valence-electron chi connectivity index (χ2n) is 9.15. The Kier molecular flexibility index (Phi) is 6.24. The molecule has 2 amide bonds. The molecule has 3 atom stereocenters. The van der Waals surface area contributed by atoms with E-state index in [9.17, 15) is 14.4 Å². The number of carbonyl (C=O) groups excluding carboxylic acids is 2. The van der Waals surface area contributed by atoms with E-state index in [1.54, 1.807) is 4.90 Å². The number of benzene rings is 2. The van der Waals surface area contributed by atoms with Gasteiger partial charge in [0.25, 0.3) is 0 Å². The Morgan fingerprint density at radius 3 is 2.38 bits per heavy atom. The first-order chi connectivity index (χ1) is 16.5. The van der Waals surface area contributed by atoms with E-state index in [1.807, 2.05) is 24.3 Å². The molecular weight excluding hydrogens is 436 g/mol. The van der Waals surface area contributed by atoms with Crippen molar-refractivity contribution in [1.82, 2.24) is 10.2 Å². The zero-order valence-electron chi connectivity index (χ0n) is 18.8. The maximum Gasteiger partial charge on any atom is 0.407 e. The molecule has 0 bridgehead atoms. The Morgan fingerprint density at radius 2 is 1.71 bits per heavy atom. The molecule has 5 rings (SSSR count). The van der Waals surface area contributed by atoms with Gasteiger partial charge in [0, 0.05) is 18.5 Å². The van der Waals surface area contributed by atoms with Gasteiger partial charge in [0.2, 0.25) is 5.91 Å². The van der Waals surface area contributed by atoms with Crippen LogP contribution < -0.4 is 5.32 Å². The van der Waals surface area contributed by atoms with Gasteiger partial charge >= 0.3 is 12.1 Å². The molecule has 178 valence electrons. The van der Waals surface area contributed by atoms with E-state index >= 15 is 0 Å². The van der Waals surface area contributed by atoms with Crippen LogP contribution in [0.2, 0.25) is 0 Å². The van der Waals surface area contributed by atoms with Gasteiger partial charge in [-0.2, -0.15) is 0 Å². The molecule has 0 aromatic heterocycles. The fourth-order valence-electron chi connectivity index (χ4n) is 5.48. The maximum absolute atomic E-state index is 13.1. The number of fused-ring (bicyclic) bond motifs is 3. The molecule has 8 nitrogen and oxygen atoms in total. The van der Waals surface area contributed by atoms with Crippen LogP contribution in [-0.4, -0.2) is 66.4 Å². The number of rotatable bonds is 6. The molecule has 8 heteroatoms. The third-order valence-electron chi connectivity index (χ3n) is 7.12. The van der Waals surface area contributed by atoms with Crippen LogP contribution in [0, 0.1) is 5.92 Å². The summed E-state index contributed by atoms with van der Waals surface area (Å²) in [6.07, 6.45) is 0.806. The summed E-state index contributed by atoms with van der Waals surface area (Å²) in [6, 6.07) is 15.4. The van der Waals surface area contributed by atoms with E-state index in [4.69, 9.17) is 14.6 Å². The lowest BCUT2D eigenvalue weighted by Crippen LogP contribution is -2.49. The largest absolute Gasteiger partial charge is 0.481 e. The van der Waals surface area contributed by atoms with Crippen LogP contribution in [0.15, 0.2) is 48.5 Å². The Bertz CT molecular complexity index is 1060. The van der Waals surface area contributed by atoms with Crippen molar-refractivity contribution >= 4 is 18.0 Å². The Balaban J connectivity index is 1.21. The van der Waals surface area contributed by atoms with Gasteiger partial charge < -0.3 is 24.8 Å². The molecule has 0 radical (unpaired) electrons. The summed E-state index contributed by atoms with van der Waals surface area (Å²) in [5.74, 6) is -1.67. The number of ether oxygens (including phenoxy) is 2. The number of nitrogens with one attached hydrogen (secondary N) is 1. The van der Waals surface area contributed by atoms with Crippen LogP contribution in [0.4, 0.5) is 4.79 Å². The normalized spacial score (nSPS) is 23.4.